The molecular formula is C15H21NO2. The van der Waals surface area contributed by atoms with Gasteiger partial charge in [-0.1, -0.05) is 12.1 Å². The van der Waals surface area contributed by atoms with Crippen LogP contribution in [0.1, 0.15) is 31.2 Å². The smallest absolute Gasteiger partial charge is 0.118 e. The summed E-state index contributed by atoms with van der Waals surface area (Å²) in [6.07, 6.45) is 4.77. The zero-order valence-electron chi connectivity index (χ0n) is 10.9. The van der Waals surface area contributed by atoms with Gasteiger partial charge in [0.15, 0.2) is 0 Å². The molecular weight excluding hydrogens is 226 g/mol. The van der Waals surface area contributed by atoms with E-state index in [-0.39, 0.29) is 0 Å². The molecule has 3 rings (SSSR count). The highest BCUT2D eigenvalue weighted by molar-refractivity contribution is 5.32. The lowest BCUT2D eigenvalue weighted by molar-refractivity contribution is 0.0131. The van der Waals surface area contributed by atoms with E-state index < -0.39 is 5.60 Å². The molecule has 0 saturated heterocycles. The fourth-order valence-corrected chi connectivity index (χ4v) is 2.51. The Morgan fingerprint density at radius 2 is 1.89 bits per heavy atom. The minimum atomic E-state index is -0.700. The molecule has 0 heterocycles. The molecule has 0 aromatic heterocycles. The first kappa shape index (κ1) is 12.0. The van der Waals surface area contributed by atoms with E-state index in [1.807, 2.05) is 24.3 Å². The van der Waals surface area contributed by atoms with Crippen molar-refractivity contribution < 1.29 is 9.84 Å². The second-order valence-electron chi connectivity index (χ2n) is 5.58. The van der Waals surface area contributed by atoms with E-state index in [1.54, 1.807) is 7.11 Å². The molecule has 0 radical (unpaired) electrons. The van der Waals surface area contributed by atoms with E-state index in [4.69, 9.17) is 4.74 Å². The average Bonchev–Trinajstić information content (AvgIpc) is 3.29. The predicted molar refractivity (Wildman–Crippen MR) is 70.6 cm³/mol. The third-order valence-corrected chi connectivity index (χ3v) is 4.08. The topological polar surface area (TPSA) is 41.5 Å². The monoisotopic (exact) mass is 247 g/mol. The molecule has 2 aliphatic carbocycles. The van der Waals surface area contributed by atoms with Crippen molar-refractivity contribution in [1.82, 2.24) is 5.32 Å². The molecule has 1 aromatic carbocycles. The lowest BCUT2D eigenvalue weighted by Crippen LogP contribution is -2.40. The first-order valence-electron chi connectivity index (χ1n) is 6.82. The summed E-state index contributed by atoms with van der Waals surface area (Å²) in [5.74, 6) is 1.25. The number of hydrogen-bond donors (Lipinski definition) is 2. The van der Waals surface area contributed by atoms with Gasteiger partial charge in [0.05, 0.1) is 7.11 Å². The summed E-state index contributed by atoms with van der Waals surface area (Å²) >= 11 is 0. The summed E-state index contributed by atoms with van der Waals surface area (Å²) in [7, 11) is 1.66. The molecule has 3 nitrogen and oxygen atoms in total. The Balaban J connectivity index is 1.77. The van der Waals surface area contributed by atoms with Gasteiger partial charge in [0, 0.05) is 12.6 Å². The van der Waals surface area contributed by atoms with Crippen LogP contribution in [-0.4, -0.2) is 24.8 Å². The highest BCUT2D eigenvalue weighted by atomic mass is 16.5. The van der Waals surface area contributed by atoms with Crippen LogP contribution in [0.5, 0.6) is 5.75 Å². The van der Waals surface area contributed by atoms with Crippen LogP contribution in [0.15, 0.2) is 24.3 Å². The number of methoxy groups -OCH3 is 1. The largest absolute Gasteiger partial charge is 0.497 e. The van der Waals surface area contributed by atoms with Crippen molar-refractivity contribution >= 4 is 0 Å². The van der Waals surface area contributed by atoms with Crippen molar-refractivity contribution in [3.8, 4) is 5.75 Å². The Bertz CT molecular complexity index is 409. The van der Waals surface area contributed by atoms with Crippen LogP contribution in [0.3, 0.4) is 0 Å². The number of benzene rings is 1. The van der Waals surface area contributed by atoms with Gasteiger partial charge in [0.1, 0.15) is 11.4 Å². The van der Waals surface area contributed by atoms with E-state index in [9.17, 15) is 5.11 Å². The van der Waals surface area contributed by atoms with Gasteiger partial charge in [-0.05, 0) is 49.3 Å². The first-order chi connectivity index (χ1) is 8.72. The Morgan fingerprint density at radius 1 is 1.22 bits per heavy atom. The van der Waals surface area contributed by atoms with Crippen LogP contribution in [-0.2, 0) is 5.60 Å². The van der Waals surface area contributed by atoms with E-state index in [0.717, 1.165) is 24.2 Å². The molecule has 2 aliphatic rings. The second-order valence-corrected chi connectivity index (χ2v) is 5.58. The summed E-state index contributed by atoms with van der Waals surface area (Å²) in [5, 5.41) is 14.4. The zero-order chi connectivity index (χ0) is 12.6. The van der Waals surface area contributed by atoms with Crippen LogP contribution in [0.2, 0.25) is 0 Å². The van der Waals surface area contributed by atoms with Crippen LogP contribution < -0.4 is 10.1 Å². The summed E-state index contributed by atoms with van der Waals surface area (Å²) in [6.45, 7) is 0.675. The number of aliphatic hydroxyl groups is 1. The van der Waals surface area contributed by atoms with E-state index in [2.05, 4.69) is 5.32 Å². The Labute approximate surface area is 108 Å². The average molecular weight is 247 g/mol. The Kier molecular flexibility index (Phi) is 3.04. The second kappa shape index (κ2) is 4.56. The molecule has 0 spiro atoms. The minimum Gasteiger partial charge on any atom is -0.497 e. The van der Waals surface area contributed by atoms with Gasteiger partial charge < -0.3 is 15.2 Å². The fraction of sp³-hybridized carbons (Fsp3) is 0.600. The molecule has 1 unspecified atom stereocenters. The first-order valence-corrected chi connectivity index (χ1v) is 6.82. The van der Waals surface area contributed by atoms with Crippen molar-refractivity contribution in [2.24, 2.45) is 5.92 Å². The van der Waals surface area contributed by atoms with Crippen LogP contribution >= 0.6 is 0 Å². The van der Waals surface area contributed by atoms with Gasteiger partial charge in [0.25, 0.3) is 0 Å². The maximum absolute atomic E-state index is 11.0. The van der Waals surface area contributed by atoms with E-state index in [0.29, 0.717) is 18.5 Å². The predicted octanol–water partition coefficient (Wildman–Crippen LogP) is 2.04. The molecule has 2 fully saturated rings. The Hall–Kier alpha value is -1.06. The van der Waals surface area contributed by atoms with Crippen LogP contribution in [0, 0.1) is 5.92 Å². The third-order valence-electron chi connectivity index (χ3n) is 4.08. The number of hydrogen-bond acceptors (Lipinski definition) is 3. The SMILES string of the molecule is COc1ccc(C(O)(CNC2CC2)C2CC2)cc1. The molecule has 18 heavy (non-hydrogen) atoms. The van der Waals surface area contributed by atoms with Gasteiger partial charge in [-0.15, -0.1) is 0 Å². The normalized spacial score (nSPS) is 22.6. The fourth-order valence-electron chi connectivity index (χ4n) is 2.51. The quantitative estimate of drug-likeness (QED) is 0.808. The number of nitrogens with one attached hydrogen (secondary N) is 1. The summed E-state index contributed by atoms with van der Waals surface area (Å²) in [4.78, 5) is 0. The number of ether oxygens (including phenoxy) is 1. The summed E-state index contributed by atoms with van der Waals surface area (Å²) in [5.41, 5.74) is 0.313. The molecule has 0 aliphatic heterocycles. The minimum absolute atomic E-state index is 0.414. The maximum Gasteiger partial charge on any atom is 0.118 e. The standard InChI is InChI=1S/C15H21NO2/c1-18-14-8-4-12(5-9-14)15(17,11-2-3-11)10-16-13-6-7-13/h4-5,8-9,11,13,16-17H,2-3,6-7,10H2,1H3. The van der Waals surface area contributed by atoms with Gasteiger partial charge in [0.2, 0.25) is 0 Å². The zero-order valence-corrected chi connectivity index (χ0v) is 10.9. The molecule has 2 N–H and O–H groups in total. The van der Waals surface area contributed by atoms with Gasteiger partial charge in [-0.3, -0.25) is 0 Å². The van der Waals surface area contributed by atoms with Crippen molar-refractivity contribution in [2.45, 2.75) is 37.3 Å². The van der Waals surface area contributed by atoms with E-state index in [1.165, 1.54) is 12.8 Å². The molecule has 0 bridgehead atoms. The van der Waals surface area contributed by atoms with Crippen molar-refractivity contribution in [2.75, 3.05) is 13.7 Å². The van der Waals surface area contributed by atoms with Crippen molar-refractivity contribution in [3.63, 3.8) is 0 Å². The summed E-state index contributed by atoms with van der Waals surface area (Å²) in [6, 6.07) is 8.48. The lowest BCUT2D eigenvalue weighted by atomic mass is 9.88. The van der Waals surface area contributed by atoms with Gasteiger partial charge >= 0.3 is 0 Å². The molecule has 1 aromatic rings. The highest BCUT2D eigenvalue weighted by Crippen LogP contribution is 2.46. The van der Waals surface area contributed by atoms with Gasteiger partial charge in [-0.2, -0.15) is 0 Å². The lowest BCUT2D eigenvalue weighted by Gasteiger charge is -2.29. The van der Waals surface area contributed by atoms with Crippen LogP contribution in [0.25, 0.3) is 0 Å². The van der Waals surface area contributed by atoms with Gasteiger partial charge in [-0.25, -0.2) is 0 Å². The third kappa shape index (κ3) is 2.38. The molecule has 98 valence electrons. The molecule has 1 atom stereocenters. The number of rotatable bonds is 6. The van der Waals surface area contributed by atoms with Crippen LogP contribution in [0.4, 0.5) is 0 Å². The maximum atomic E-state index is 11.0. The summed E-state index contributed by atoms with van der Waals surface area (Å²) < 4.78 is 5.17. The molecule has 0 amide bonds. The Morgan fingerprint density at radius 3 is 2.39 bits per heavy atom. The highest BCUT2D eigenvalue weighted by Gasteiger charge is 2.45. The van der Waals surface area contributed by atoms with Crippen molar-refractivity contribution in [1.29, 1.82) is 0 Å². The molecule has 3 heteroatoms. The van der Waals surface area contributed by atoms with E-state index >= 15 is 0 Å². The molecule has 2 saturated carbocycles. The van der Waals surface area contributed by atoms with Crippen molar-refractivity contribution in [3.05, 3.63) is 29.8 Å².